The first-order chi connectivity index (χ1) is 17.6. The van der Waals surface area contributed by atoms with Crippen molar-refractivity contribution in [1.82, 2.24) is 14.7 Å². The van der Waals surface area contributed by atoms with E-state index in [1.165, 1.54) is 44.9 Å². The Bertz CT molecular complexity index is 934. The number of benzene rings is 1. The summed E-state index contributed by atoms with van der Waals surface area (Å²) in [5.74, 6) is -0.230. The van der Waals surface area contributed by atoms with Gasteiger partial charge in [0, 0.05) is 38.3 Å². The van der Waals surface area contributed by atoms with Crippen LogP contribution in [-0.2, 0) is 9.53 Å². The lowest BCUT2D eigenvalue weighted by Crippen LogP contribution is -2.56. The zero-order valence-corrected chi connectivity index (χ0v) is 21.2. The van der Waals surface area contributed by atoms with Crippen molar-refractivity contribution in [3.05, 3.63) is 24.3 Å². The number of urea groups is 2. The molecule has 2 saturated heterocycles. The van der Waals surface area contributed by atoms with Gasteiger partial charge in [0.05, 0.1) is 24.6 Å². The number of fused-ring (bicyclic) bond motifs is 1. The smallest absolute Gasteiger partial charge is 0.333 e. The van der Waals surface area contributed by atoms with Crippen LogP contribution in [0.4, 0.5) is 21.0 Å². The molecule has 3 heterocycles. The van der Waals surface area contributed by atoms with E-state index >= 15 is 0 Å². The van der Waals surface area contributed by atoms with E-state index in [-0.39, 0.29) is 18.5 Å². The predicted molar refractivity (Wildman–Crippen MR) is 138 cm³/mol. The number of ether oxygens (including phenoxy) is 1. The minimum absolute atomic E-state index is 0.0165. The fraction of sp³-hybridized carbons (Fsp3) is 0.667. The van der Waals surface area contributed by atoms with Crippen molar-refractivity contribution in [1.29, 1.82) is 0 Å². The van der Waals surface area contributed by atoms with Gasteiger partial charge < -0.3 is 19.9 Å². The maximum Gasteiger partial charge on any atom is 0.333 e. The number of para-hydroxylation sites is 2. The molecule has 1 aliphatic carbocycles. The Balaban J connectivity index is 1.32. The first-order valence-electron chi connectivity index (χ1n) is 13.7. The van der Waals surface area contributed by atoms with E-state index in [9.17, 15) is 14.4 Å². The monoisotopic (exact) mass is 497 g/mol. The summed E-state index contributed by atoms with van der Waals surface area (Å²) in [5, 5.41) is 2.87. The Labute approximate surface area is 213 Å². The number of carbonyl (C=O) groups excluding carboxylic acids is 3. The summed E-state index contributed by atoms with van der Waals surface area (Å²) in [6.45, 7) is 3.55. The van der Waals surface area contributed by atoms with E-state index in [0.717, 1.165) is 30.8 Å². The molecule has 0 atom stereocenters. The Morgan fingerprint density at radius 2 is 1.53 bits per heavy atom. The number of rotatable bonds is 4. The number of amides is 5. The minimum Gasteiger partial charge on any atom is -0.378 e. The van der Waals surface area contributed by atoms with Gasteiger partial charge in [-0.2, -0.15) is 0 Å². The van der Waals surface area contributed by atoms with Crippen LogP contribution >= 0.6 is 0 Å². The highest BCUT2D eigenvalue weighted by Gasteiger charge is 2.40. The maximum atomic E-state index is 13.9. The van der Waals surface area contributed by atoms with Gasteiger partial charge in [-0.3, -0.25) is 9.69 Å². The Morgan fingerprint density at radius 1 is 0.861 bits per heavy atom. The van der Waals surface area contributed by atoms with Crippen LogP contribution in [0, 0.1) is 0 Å². The van der Waals surface area contributed by atoms with Crippen LogP contribution in [0.25, 0.3) is 0 Å². The lowest BCUT2D eigenvalue weighted by atomic mass is 9.93. The van der Waals surface area contributed by atoms with Crippen molar-refractivity contribution in [3.63, 3.8) is 0 Å². The SMILES string of the molecule is O=C(CN1C(=O)Nc2ccccc2N(C2CCN(C3CCCCCCC3)CC2)C1=O)N1CCOCC1. The molecule has 1 N–H and O–H groups in total. The van der Waals surface area contributed by atoms with Gasteiger partial charge in [-0.05, 0) is 37.8 Å². The number of anilines is 2. The number of nitrogens with zero attached hydrogens (tertiary/aromatic N) is 4. The molecule has 0 bridgehead atoms. The Kier molecular flexibility index (Phi) is 8.06. The fourth-order valence-corrected chi connectivity index (χ4v) is 6.14. The quantitative estimate of drug-likeness (QED) is 0.682. The van der Waals surface area contributed by atoms with Crippen molar-refractivity contribution in [2.24, 2.45) is 0 Å². The van der Waals surface area contributed by atoms with Crippen molar-refractivity contribution in [3.8, 4) is 0 Å². The number of hydrogen-bond donors (Lipinski definition) is 1. The van der Waals surface area contributed by atoms with E-state index in [2.05, 4.69) is 10.2 Å². The molecular formula is C27H39N5O4. The van der Waals surface area contributed by atoms with Crippen LogP contribution in [0.2, 0.25) is 0 Å². The molecule has 1 aromatic carbocycles. The molecule has 9 nitrogen and oxygen atoms in total. The van der Waals surface area contributed by atoms with Gasteiger partial charge in [-0.1, -0.05) is 44.2 Å². The molecule has 4 aliphatic rings. The van der Waals surface area contributed by atoms with Gasteiger partial charge in [-0.15, -0.1) is 0 Å². The van der Waals surface area contributed by atoms with E-state index in [0.29, 0.717) is 43.7 Å². The highest BCUT2D eigenvalue weighted by atomic mass is 16.5. The molecule has 0 aromatic heterocycles. The molecule has 3 aliphatic heterocycles. The number of hydrogen-bond acceptors (Lipinski definition) is 5. The normalized spacial score (nSPS) is 23.5. The first-order valence-corrected chi connectivity index (χ1v) is 13.7. The highest BCUT2D eigenvalue weighted by Crippen LogP contribution is 2.35. The molecule has 0 radical (unpaired) electrons. The first kappa shape index (κ1) is 25.0. The fourth-order valence-electron chi connectivity index (χ4n) is 6.14. The second-order valence-corrected chi connectivity index (χ2v) is 10.4. The third-order valence-corrected chi connectivity index (χ3v) is 8.20. The largest absolute Gasteiger partial charge is 0.378 e. The third kappa shape index (κ3) is 5.52. The lowest BCUT2D eigenvalue weighted by molar-refractivity contribution is -0.135. The summed E-state index contributed by atoms with van der Waals surface area (Å²) in [7, 11) is 0. The van der Waals surface area contributed by atoms with Gasteiger partial charge >= 0.3 is 12.1 Å². The summed E-state index contributed by atoms with van der Waals surface area (Å²) < 4.78 is 5.34. The molecule has 0 spiro atoms. The number of nitrogens with one attached hydrogen (secondary N) is 1. The summed E-state index contributed by atoms with van der Waals surface area (Å²) in [6.07, 6.45) is 10.9. The van der Waals surface area contributed by atoms with E-state index in [4.69, 9.17) is 4.74 Å². The molecule has 5 amide bonds. The molecule has 1 aromatic rings. The van der Waals surface area contributed by atoms with Crippen LogP contribution < -0.4 is 10.2 Å². The Morgan fingerprint density at radius 3 is 2.25 bits per heavy atom. The average molecular weight is 498 g/mol. The van der Waals surface area contributed by atoms with E-state index in [1.807, 2.05) is 24.3 Å². The van der Waals surface area contributed by atoms with Crippen LogP contribution in [0.15, 0.2) is 24.3 Å². The van der Waals surface area contributed by atoms with Gasteiger partial charge in [0.15, 0.2) is 0 Å². The van der Waals surface area contributed by atoms with Gasteiger partial charge in [0.25, 0.3) is 0 Å². The third-order valence-electron chi connectivity index (χ3n) is 8.20. The zero-order valence-electron chi connectivity index (χ0n) is 21.2. The number of carbonyl (C=O) groups is 3. The number of morpholine rings is 1. The molecule has 5 rings (SSSR count). The number of likely N-dealkylation sites (tertiary alicyclic amines) is 1. The molecule has 0 unspecified atom stereocenters. The molecule has 9 heteroatoms. The van der Waals surface area contributed by atoms with Crippen LogP contribution in [0.1, 0.15) is 57.8 Å². The lowest BCUT2D eigenvalue weighted by Gasteiger charge is -2.42. The summed E-state index contributed by atoms with van der Waals surface area (Å²) in [5.41, 5.74) is 1.32. The van der Waals surface area contributed by atoms with Crippen molar-refractivity contribution < 1.29 is 19.1 Å². The van der Waals surface area contributed by atoms with E-state index < -0.39 is 12.1 Å². The Hall–Kier alpha value is -2.65. The molecule has 3 fully saturated rings. The topological polar surface area (TPSA) is 85.4 Å². The van der Waals surface area contributed by atoms with Crippen molar-refractivity contribution >= 4 is 29.3 Å². The van der Waals surface area contributed by atoms with Gasteiger partial charge in [-0.25, -0.2) is 14.5 Å². The second kappa shape index (κ2) is 11.6. The molecular weight excluding hydrogens is 458 g/mol. The highest BCUT2D eigenvalue weighted by molar-refractivity contribution is 6.13. The summed E-state index contributed by atoms with van der Waals surface area (Å²) in [6, 6.07) is 7.12. The standard InChI is InChI=1S/C27H39N5O4/c33-25(30-16-18-36-19-17-30)20-31-26(34)28-23-10-6-7-11-24(23)32(27(31)35)22-12-14-29(15-13-22)21-8-4-2-1-3-5-9-21/h6-7,10-11,21-22H,1-5,8-9,12-20H2,(H,28,34). The average Bonchev–Trinajstić information content (AvgIpc) is 2.98. The van der Waals surface area contributed by atoms with Crippen molar-refractivity contribution in [2.45, 2.75) is 69.9 Å². The predicted octanol–water partition coefficient (Wildman–Crippen LogP) is 3.90. The summed E-state index contributed by atoms with van der Waals surface area (Å²) in [4.78, 5) is 47.1. The molecule has 196 valence electrons. The van der Waals surface area contributed by atoms with E-state index in [1.54, 1.807) is 9.80 Å². The second-order valence-electron chi connectivity index (χ2n) is 10.4. The van der Waals surface area contributed by atoms with Crippen LogP contribution in [-0.4, -0.2) is 90.7 Å². The number of piperidine rings is 1. The van der Waals surface area contributed by atoms with Gasteiger partial charge in [0.2, 0.25) is 5.91 Å². The van der Waals surface area contributed by atoms with Gasteiger partial charge in [0.1, 0.15) is 6.54 Å². The molecule has 1 saturated carbocycles. The van der Waals surface area contributed by atoms with Crippen LogP contribution in [0.3, 0.4) is 0 Å². The summed E-state index contributed by atoms with van der Waals surface area (Å²) >= 11 is 0. The molecule has 36 heavy (non-hydrogen) atoms. The zero-order chi connectivity index (χ0) is 24.9. The van der Waals surface area contributed by atoms with Crippen LogP contribution in [0.5, 0.6) is 0 Å². The van der Waals surface area contributed by atoms with Crippen molar-refractivity contribution in [2.75, 3.05) is 56.2 Å². The minimum atomic E-state index is -0.552. The number of imide groups is 1. The maximum absolute atomic E-state index is 13.9.